The molecule has 0 spiro atoms. The molecule has 2 atom stereocenters. The fourth-order valence-electron chi connectivity index (χ4n) is 2.75. The van der Waals surface area contributed by atoms with Crippen LogP contribution in [0.5, 0.6) is 0 Å². The number of alkyl halides is 3. The first-order valence-corrected chi connectivity index (χ1v) is 6.93. The summed E-state index contributed by atoms with van der Waals surface area (Å²) >= 11 is 0. The van der Waals surface area contributed by atoms with Crippen LogP contribution in [-0.4, -0.2) is 11.9 Å². The lowest BCUT2D eigenvalue weighted by atomic mass is 9.85. The molecule has 2 saturated carbocycles. The van der Waals surface area contributed by atoms with Gasteiger partial charge in [0.25, 0.3) is 0 Å². The molecule has 2 nitrogen and oxygen atoms in total. The minimum Gasteiger partial charge on any atom is -0.352 e. The van der Waals surface area contributed by atoms with Gasteiger partial charge in [0.2, 0.25) is 5.91 Å². The van der Waals surface area contributed by atoms with Gasteiger partial charge in [-0.3, -0.25) is 4.79 Å². The molecule has 1 aromatic rings. The van der Waals surface area contributed by atoms with Gasteiger partial charge in [-0.1, -0.05) is 24.6 Å². The Bertz CT molecular complexity index is 522. The van der Waals surface area contributed by atoms with E-state index in [0.29, 0.717) is 12.0 Å². The monoisotopic (exact) mass is 283 g/mol. The van der Waals surface area contributed by atoms with Crippen LogP contribution in [0.1, 0.15) is 42.7 Å². The topological polar surface area (TPSA) is 29.1 Å². The molecule has 1 amide bonds. The van der Waals surface area contributed by atoms with Gasteiger partial charge in [0, 0.05) is 17.9 Å². The van der Waals surface area contributed by atoms with Gasteiger partial charge in [-0.25, -0.2) is 0 Å². The molecule has 0 saturated heterocycles. The second-order valence-corrected chi connectivity index (χ2v) is 5.67. The molecular formula is C15H16F3NO. The molecule has 0 aliphatic heterocycles. The molecule has 5 heteroatoms. The molecule has 3 rings (SSSR count). The van der Waals surface area contributed by atoms with Crippen molar-refractivity contribution >= 4 is 5.91 Å². The lowest BCUT2D eigenvalue weighted by molar-refractivity contribution is -0.138. The van der Waals surface area contributed by atoms with Crippen molar-refractivity contribution in [2.45, 2.75) is 43.8 Å². The number of rotatable bonds is 3. The normalized spacial score (nSPS) is 25.9. The Kier molecular flexibility index (Phi) is 3.22. The van der Waals surface area contributed by atoms with Crippen LogP contribution in [0.4, 0.5) is 13.2 Å². The number of hydrogen-bond acceptors (Lipinski definition) is 1. The maximum atomic E-state index is 12.9. The van der Waals surface area contributed by atoms with E-state index >= 15 is 0 Å². The van der Waals surface area contributed by atoms with Crippen LogP contribution in [0, 0.1) is 5.92 Å². The van der Waals surface area contributed by atoms with Crippen molar-refractivity contribution in [3.05, 3.63) is 35.4 Å². The molecule has 0 unspecified atom stereocenters. The molecule has 20 heavy (non-hydrogen) atoms. The highest BCUT2D eigenvalue weighted by atomic mass is 19.4. The number of nitrogens with one attached hydrogen (secondary N) is 1. The summed E-state index contributed by atoms with van der Waals surface area (Å²) in [5.74, 6) is -0.112. The predicted molar refractivity (Wildman–Crippen MR) is 68.1 cm³/mol. The number of hydrogen-bond donors (Lipinski definition) is 1. The van der Waals surface area contributed by atoms with Crippen molar-refractivity contribution in [2.24, 2.45) is 5.92 Å². The van der Waals surface area contributed by atoms with E-state index in [2.05, 4.69) is 5.32 Å². The molecule has 2 aliphatic rings. The quantitative estimate of drug-likeness (QED) is 0.904. The zero-order chi connectivity index (χ0) is 14.3. The molecule has 0 heterocycles. The first-order valence-electron chi connectivity index (χ1n) is 6.93. The summed E-state index contributed by atoms with van der Waals surface area (Å²) in [6.45, 7) is 0. The third kappa shape index (κ3) is 2.53. The van der Waals surface area contributed by atoms with Crippen LogP contribution < -0.4 is 5.32 Å². The Labute approximate surface area is 115 Å². The third-order valence-electron chi connectivity index (χ3n) is 4.26. The van der Waals surface area contributed by atoms with Crippen molar-refractivity contribution in [3.63, 3.8) is 0 Å². The Morgan fingerprint density at radius 2 is 1.90 bits per heavy atom. The van der Waals surface area contributed by atoms with Gasteiger partial charge in [0.05, 0.1) is 5.56 Å². The molecular weight excluding hydrogens is 267 g/mol. The molecule has 0 radical (unpaired) electrons. The minimum absolute atomic E-state index is 0.00763. The van der Waals surface area contributed by atoms with Crippen molar-refractivity contribution in [3.8, 4) is 0 Å². The van der Waals surface area contributed by atoms with E-state index in [-0.39, 0.29) is 23.8 Å². The number of carbonyl (C=O) groups excluding carboxylic acids is 1. The zero-order valence-corrected chi connectivity index (χ0v) is 10.9. The van der Waals surface area contributed by atoms with Crippen molar-refractivity contribution in [1.29, 1.82) is 0 Å². The van der Waals surface area contributed by atoms with E-state index in [4.69, 9.17) is 0 Å². The van der Waals surface area contributed by atoms with Gasteiger partial charge < -0.3 is 5.32 Å². The summed E-state index contributed by atoms with van der Waals surface area (Å²) in [5.41, 5.74) is -0.274. The first-order chi connectivity index (χ1) is 9.47. The molecule has 1 aromatic carbocycles. The minimum atomic E-state index is -4.33. The first kappa shape index (κ1) is 13.5. The fourth-order valence-corrected chi connectivity index (χ4v) is 2.75. The SMILES string of the molecule is O=C(N[C@H]1C[C@@H]1c1ccccc1C(F)(F)F)C1CCC1. The van der Waals surface area contributed by atoms with Gasteiger partial charge >= 0.3 is 6.18 Å². The van der Waals surface area contributed by atoms with E-state index in [1.807, 2.05) is 0 Å². The second-order valence-electron chi connectivity index (χ2n) is 5.67. The highest BCUT2D eigenvalue weighted by Crippen LogP contribution is 2.46. The molecule has 1 N–H and O–H groups in total. The lowest BCUT2D eigenvalue weighted by Gasteiger charge is -2.24. The van der Waals surface area contributed by atoms with E-state index in [1.54, 1.807) is 6.07 Å². The van der Waals surface area contributed by atoms with E-state index in [9.17, 15) is 18.0 Å². The van der Waals surface area contributed by atoms with Gasteiger partial charge in [-0.15, -0.1) is 0 Å². The van der Waals surface area contributed by atoms with Crippen LogP contribution in [0.25, 0.3) is 0 Å². The molecule has 0 bridgehead atoms. The predicted octanol–water partition coefficient (Wildman–Crippen LogP) is 3.48. The average Bonchev–Trinajstić information content (AvgIpc) is 3.04. The van der Waals surface area contributed by atoms with Gasteiger partial charge in [-0.05, 0) is 30.9 Å². The Morgan fingerprint density at radius 1 is 1.20 bits per heavy atom. The van der Waals surface area contributed by atoms with Gasteiger partial charge in [0.15, 0.2) is 0 Å². The summed E-state index contributed by atoms with van der Waals surface area (Å²) in [7, 11) is 0. The van der Waals surface area contributed by atoms with E-state index in [0.717, 1.165) is 25.3 Å². The van der Waals surface area contributed by atoms with Gasteiger partial charge in [0.1, 0.15) is 0 Å². The van der Waals surface area contributed by atoms with Crippen LogP contribution in [0.15, 0.2) is 24.3 Å². The maximum Gasteiger partial charge on any atom is 0.416 e. The Morgan fingerprint density at radius 3 is 2.50 bits per heavy atom. The summed E-state index contributed by atoms with van der Waals surface area (Å²) in [4.78, 5) is 11.8. The van der Waals surface area contributed by atoms with Crippen molar-refractivity contribution in [2.75, 3.05) is 0 Å². The highest BCUT2D eigenvalue weighted by molar-refractivity contribution is 5.80. The Balaban J connectivity index is 1.68. The molecule has 2 fully saturated rings. The van der Waals surface area contributed by atoms with Crippen LogP contribution in [0.3, 0.4) is 0 Å². The highest BCUT2D eigenvalue weighted by Gasteiger charge is 2.45. The Hall–Kier alpha value is -1.52. The smallest absolute Gasteiger partial charge is 0.352 e. The molecule has 108 valence electrons. The fraction of sp³-hybridized carbons (Fsp3) is 0.533. The number of amides is 1. The summed E-state index contributed by atoms with van der Waals surface area (Å²) in [5, 5.41) is 2.88. The zero-order valence-electron chi connectivity index (χ0n) is 10.9. The number of halogens is 3. The molecule has 2 aliphatic carbocycles. The average molecular weight is 283 g/mol. The van der Waals surface area contributed by atoms with Crippen LogP contribution in [-0.2, 0) is 11.0 Å². The summed E-state index contributed by atoms with van der Waals surface area (Å²) in [6, 6.07) is 5.51. The van der Waals surface area contributed by atoms with Gasteiger partial charge in [-0.2, -0.15) is 13.2 Å². The largest absolute Gasteiger partial charge is 0.416 e. The van der Waals surface area contributed by atoms with Crippen LogP contribution in [0.2, 0.25) is 0 Å². The number of benzene rings is 1. The van der Waals surface area contributed by atoms with Crippen LogP contribution >= 0.6 is 0 Å². The third-order valence-corrected chi connectivity index (χ3v) is 4.26. The van der Waals surface area contributed by atoms with Crippen molar-refractivity contribution in [1.82, 2.24) is 5.32 Å². The molecule has 0 aromatic heterocycles. The van der Waals surface area contributed by atoms with Crippen molar-refractivity contribution < 1.29 is 18.0 Å². The van der Waals surface area contributed by atoms with E-state index in [1.165, 1.54) is 12.1 Å². The standard InChI is InChI=1S/C15H16F3NO/c16-15(17,18)12-7-2-1-6-10(12)11-8-13(11)19-14(20)9-4-3-5-9/h1-2,6-7,9,11,13H,3-5,8H2,(H,19,20)/t11-,13+/m1/s1. The summed E-state index contributed by atoms with van der Waals surface area (Å²) in [6.07, 6.45) is -0.846. The van der Waals surface area contributed by atoms with E-state index < -0.39 is 11.7 Å². The number of carbonyl (C=O) groups is 1. The maximum absolute atomic E-state index is 12.9. The lowest BCUT2D eigenvalue weighted by Crippen LogP contribution is -2.36. The second kappa shape index (κ2) is 4.79. The summed E-state index contributed by atoms with van der Waals surface area (Å²) < 4.78 is 38.8.